The molecule has 0 aromatic heterocycles. The highest BCUT2D eigenvalue weighted by Crippen LogP contribution is 2.19. The number of alkyl halides is 1. The molecule has 1 aromatic rings. The van der Waals surface area contributed by atoms with Crippen LogP contribution in [0.1, 0.15) is 31.7 Å². The van der Waals surface area contributed by atoms with Gasteiger partial charge in [0.15, 0.2) is 0 Å². The zero-order valence-electron chi connectivity index (χ0n) is 9.18. The summed E-state index contributed by atoms with van der Waals surface area (Å²) in [7, 11) is 0. The largest absolute Gasteiger partial charge is 0.0925 e. The zero-order chi connectivity index (χ0) is 11.1. The van der Waals surface area contributed by atoms with E-state index in [0.29, 0.717) is 0 Å². The van der Waals surface area contributed by atoms with Gasteiger partial charge in [0.2, 0.25) is 0 Å². The van der Waals surface area contributed by atoms with E-state index in [0.717, 1.165) is 22.7 Å². The van der Waals surface area contributed by atoms with Crippen LogP contribution in [-0.4, -0.2) is 5.33 Å². The SMILES string of the molecule is CCCCC(CBr)Cc1cccc(Cl)c1. The second-order valence-corrected chi connectivity index (χ2v) is 5.08. The average molecular weight is 290 g/mol. The lowest BCUT2D eigenvalue weighted by Crippen LogP contribution is -2.06. The Kier molecular flexibility index (Phi) is 6.35. The summed E-state index contributed by atoms with van der Waals surface area (Å²) < 4.78 is 0. The van der Waals surface area contributed by atoms with Crippen LogP contribution < -0.4 is 0 Å². The van der Waals surface area contributed by atoms with Crippen molar-refractivity contribution in [2.24, 2.45) is 5.92 Å². The number of unbranched alkanes of at least 4 members (excludes halogenated alkanes) is 1. The third-order valence-corrected chi connectivity index (χ3v) is 3.75. The van der Waals surface area contributed by atoms with E-state index in [4.69, 9.17) is 11.6 Å². The normalized spacial score (nSPS) is 12.7. The van der Waals surface area contributed by atoms with Crippen LogP contribution in [0.3, 0.4) is 0 Å². The minimum Gasteiger partial charge on any atom is -0.0925 e. The Morgan fingerprint density at radius 1 is 1.40 bits per heavy atom. The summed E-state index contributed by atoms with van der Waals surface area (Å²) in [6.45, 7) is 2.24. The number of hydrogen-bond acceptors (Lipinski definition) is 0. The Labute approximate surface area is 106 Å². The third-order valence-electron chi connectivity index (χ3n) is 2.60. The molecule has 84 valence electrons. The molecule has 0 bridgehead atoms. The first-order valence-electron chi connectivity index (χ1n) is 5.56. The molecule has 0 N–H and O–H groups in total. The highest BCUT2D eigenvalue weighted by Gasteiger charge is 2.07. The van der Waals surface area contributed by atoms with Crippen LogP contribution in [0.25, 0.3) is 0 Å². The van der Waals surface area contributed by atoms with Gasteiger partial charge >= 0.3 is 0 Å². The molecule has 15 heavy (non-hydrogen) atoms. The third kappa shape index (κ3) is 5.03. The van der Waals surface area contributed by atoms with Gasteiger partial charge in [-0.05, 0) is 36.5 Å². The molecule has 0 aliphatic carbocycles. The minimum atomic E-state index is 0.739. The molecule has 0 aliphatic heterocycles. The molecule has 0 nitrogen and oxygen atoms in total. The lowest BCUT2D eigenvalue weighted by atomic mass is 9.96. The van der Waals surface area contributed by atoms with Gasteiger partial charge in [-0.2, -0.15) is 0 Å². The molecule has 1 rings (SSSR count). The van der Waals surface area contributed by atoms with Gasteiger partial charge in [0, 0.05) is 10.4 Å². The van der Waals surface area contributed by atoms with Gasteiger partial charge in [-0.1, -0.05) is 59.4 Å². The summed E-state index contributed by atoms with van der Waals surface area (Å²) in [5.41, 5.74) is 1.35. The molecular weight excluding hydrogens is 271 g/mol. The monoisotopic (exact) mass is 288 g/mol. The maximum absolute atomic E-state index is 5.96. The Morgan fingerprint density at radius 2 is 2.20 bits per heavy atom. The molecule has 2 heteroatoms. The smallest absolute Gasteiger partial charge is 0.0408 e. The van der Waals surface area contributed by atoms with Crippen LogP contribution >= 0.6 is 27.5 Å². The fourth-order valence-corrected chi connectivity index (χ4v) is 2.49. The van der Waals surface area contributed by atoms with Crippen molar-refractivity contribution in [2.45, 2.75) is 32.6 Å². The van der Waals surface area contributed by atoms with Gasteiger partial charge in [0.05, 0.1) is 0 Å². The van der Waals surface area contributed by atoms with Crippen LogP contribution in [0.5, 0.6) is 0 Å². The first-order chi connectivity index (χ1) is 7.26. The van der Waals surface area contributed by atoms with Gasteiger partial charge in [0.1, 0.15) is 0 Å². The molecule has 1 aromatic carbocycles. The van der Waals surface area contributed by atoms with E-state index in [1.807, 2.05) is 12.1 Å². The molecule has 0 spiro atoms. The van der Waals surface area contributed by atoms with Crippen LogP contribution in [0, 0.1) is 5.92 Å². The first kappa shape index (κ1) is 13.1. The predicted octanol–water partition coefficient (Wildman–Crippen LogP) is 5.08. The molecule has 0 aliphatic rings. The van der Waals surface area contributed by atoms with Gasteiger partial charge in [-0.3, -0.25) is 0 Å². The number of benzene rings is 1. The average Bonchev–Trinajstić information content (AvgIpc) is 2.24. The summed E-state index contributed by atoms with van der Waals surface area (Å²) in [4.78, 5) is 0. The van der Waals surface area contributed by atoms with E-state index < -0.39 is 0 Å². The molecule has 0 radical (unpaired) electrons. The van der Waals surface area contributed by atoms with E-state index in [2.05, 4.69) is 35.0 Å². The van der Waals surface area contributed by atoms with Gasteiger partial charge in [-0.15, -0.1) is 0 Å². The Morgan fingerprint density at radius 3 is 2.80 bits per heavy atom. The van der Waals surface area contributed by atoms with Crippen molar-refractivity contribution in [2.75, 3.05) is 5.33 Å². The van der Waals surface area contributed by atoms with Crippen molar-refractivity contribution >= 4 is 27.5 Å². The Hall–Kier alpha value is -0.0100. The van der Waals surface area contributed by atoms with Crippen molar-refractivity contribution < 1.29 is 0 Å². The van der Waals surface area contributed by atoms with Crippen LogP contribution in [0.2, 0.25) is 5.02 Å². The standard InChI is InChI=1S/C13H18BrCl/c1-2-3-5-12(10-14)8-11-6-4-7-13(15)9-11/h4,6-7,9,12H,2-3,5,8,10H2,1H3. The van der Waals surface area contributed by atoms with Gasteiger partial charge < -0.3 is 0 Å². The number of rotatable bonds is 6. The van der Waals surface area contributed by atoms with E-state index in [9.17, 15) is 0 Å². The molecule has 1 unspecified atom stereocenters. The van der Waals surface area contributed by atoms with Gasteiger partial charge in [0.25, 0.3) is 0 Å². The van der Waals surface area contributed by atoms with Gasteiger partial charge in [-0.25, -0.2) is 0 Å². The van der Waals surface area contributed by atoms with Crippen LogP contribution in [0.4, 0.5) is 0 Å². The molecular formula is C13H18BrCl. The second kappa shape index (κ2) is 7.29. The molecule has 1 atom stereocenters. The van der Waals surface area contributed by atoms with Crippen molar-refractivity contribution in [3.8, 4) is 0 Å². The van der Waals surface area contributed by atoms with Crippen LogP contribution in [-0.2, 0) is 6.42 Å². The maximum Gasteiger partial charge on any atom is 0.0408 e. The lowest BCUT2D eigenvalue weighted by molar-refractivity contribution is 0.514. The topological polar surface area (TPSA) is 0 Å². The molecule has 0 saturated heterocycles. The first-order valence-corrected chi connectivity index (χ1v) is 7.06. The highest BCUT2D eigenvalue weighted by atomic mass is 79.9. The summed E-state index contributed by atoms with van der Waals surface area (Å²) in [5.74, 6) is 0.739. The van der Waals surface area contributed by atoms with Crippen molar-refractivity contribution in [3.63, 3.8) is 0 Å². The predicted molar refractivity (Wildman–Crippen MR) is 72.0 cm³/mol. The van der Waals surface area contributed by atoms with Crippen molar-refractivity contribution in [1.29, 1.82) is 0 Å². The van der Waals surface area contributed by atoms with E-state index in [1.165, 1.54) is 24.8 Å². The summed E-state index contributed by atoms with van der Waals surface area (Å²) in [6.07, 6.45) is 5.02. The van der Waals surface area contributed by atoms with Crippen molar-refractivity contribution in [1.82, 2.24) is 0 Å². The Bertz CT molecular complexity index is 286. The van der Waals surface area contributed by atoms with Crippen molar-refractivity contribution in [3.05, 3.63) is 34.9 Å². The van der Waals surface area contributed by atoms with E-state index >= 15 is 0 Å². The second-order valence-electron chi connectivity index (χ2n) is 4.00. The maximum atomic E-state index is 5.96. The van der Waals surface area contributed by atoms with Crippen LogP contribution in [0.15, 0.2) is 24.3 Å². The molecule has 0 fully saturated rings. The lowest BCUT2D eigenvalue weighted by Gasteiger charge is -2.13. The molecule has 0 amide bonds. The number of halogens is 2. The highest BCUT2D eigenvalue weighted by molar-refractivity contribution is 9.09. The summed E-state index contributed by atoms with van der Waals surface area (Å²) in [5, 5.41) is 1.93. The minimum absolute atomic E-state index is 0.739. The fraction of sp³-hybridized carbons (Fsp3) is 0.538. The summed E-state index contributed by atoms with van der Waals surface area (Å²) in [6, 6.07) is 8.19. The quantitative estimate of drug-likeness (QED) is 0.640. The van der Waals surface area contributed by atoms with E-state index in [1.54, 1.807) is 0 Å². The van der Waals surface area contributed by atoms with E-state index in [-0.39, 0.29) is 0 Å². The fourth-order valence-electron chi connectivity index (χ4n) is 1.72. The Balaban J connectivity index is 2.50. The summed E-state index contributed by atoms with van der Waals surface area (Å²) >= 11 is 9.55. The zero-order valence-corrected chi connectivity index (χ0v) is 11.5. The molecule has 0 heterocycles. The molecule has 0 saturated carbocycles. The number of hydrogen-bond donors (Lipinski definition) is 0.